The number of nitrogens with zero attached hydrogens (tertiary/aromatic N) is 3. The molecular weight excluding hydrogens is 598 g/mol. The van der Waals surface area contributed by atoms with Crippen LogP contribution in [0.15, 0.2) is 73.4 Å². The molecule has 4 aromatic rings. The van der Waals surface area contributed by atoms with Crippen LogP contribution in [0.4, 0.5) is 0 Å². The first-order valence-corrected chi connectivity index (χ1v) is 12.9. The van der Waals surface area contributed by atoms with Gasteiger partial charge in [-0.15, -0.1) is 0 Å². The number of ether oxygens (including phenoxy) is 2. The van der Waals surface area contributed by atoms with Crippen LogP contribution in [0.2, 0.25) is 5.02 Å². The van der Waals surface area contributed by atoms with Crippen LogP contribution in [-0.2, 0) is 13.0 Å². The highest BCUT2D eigenvalue weighted by atomic mass is 79.9. The molecule has 0 aliphatic rings. The average Bonchev–Trinajstić information content (AvgIpc) is 2.85. The number of hydrogen-bond acceptors (Lipinski definition) is 5. The molecule has 4 rings (SSSR count). The second kappa shape index (κ2) is 11.4. The lowest BCUT2D eigenvalue weighted by Crippen LogP contribution is -2.22. The zero-order valence-corrected chi connectivity index (χ0v) is 23.0. The Kier molecular flexibility index (Phi) is 8.26. The number of aryl methyl sites for hydroxylation is 1. The molecule has 0 spiro atoms. The van der Waals surface area contributed by atoms with Crippen molar-refractivity contribution in [3.8, 4) is 11.5 Å². The van der Waals surface area contributed by atoms with E-state index >= 15 is 0 Å². The Labute approximate surface area is 224 Å². The molecule has 180 valence electrons. The van der Waals surface area contributed by atoms with Crippen molar-refractivity contribution in [3.63, 3.8) is 0 Å². The average molecular weight is 620 g/mol. The van der Waals surface area contributed by atoms with Gasteiger partial charge in [0.2, 0.25) is 0 Å². The van der Waals surface area contributed by atoms with E-state index in [1.807, 2.05) is 49.4 Å². The first kappa shape index (κ1) is 25.4. The number of methoxy groups -OCH3 is 1. The summed E-state index contributed by atoms with van der Waals surface area (Å²) in [5.74, 6) is 1.73. The zero-order valence-electron chi connectivity index (χ0n) is 19.1. The summed E-state index contributed by atoms with van der Waals surface area (Å²) in [7, 11) is 1.58. The Balaban J connectivity index is 1.67. The molecule has 3 aromatic carbocycles. The highest BCUT2D eigenvalue weighted by molar-refractivity contribution is 9.10. The molecule has 0 unspecified atom stereocenters. The third kappa shape index (κ3) is 5.94. The van der Waals surface area contributed by atoms with Crippen molar-refractivity contribution in [1.82, 2.24) is 9.66 Å². The summed E-state index contributed by atoms with van der Waals surface area (Å²) in [4.78, 5) is 17.9. The summed E-state index contributed by atoms with van der Waals surface area (Å²) in [6, 6.07) is 16.6. The number of benzene rings is 3. The van der Waals surface area contributed by atoms with E-state index in [2.05, 4.69) is 41.9 Å². The first-order valence-electron chi connectivity index (χ1n) is 10.9. The predicted molar refractivity (Wildman–Crippen MR) is 147 cm³/mol. The van der Waals surface area contributed by atoms with Crippen molar-refractivity contribution in [1.29, 1.82) is 0 Å². The van der Waals surface area contributed by atoms with Crippen LogP contribution in [-0.4, -0.2) is 23.0 Å². The third-order valence-electron chi connectivity index (χ3n) is 5.25. The Morgan fingerprint density at radius 3 is 2.57 bits per heavy atom. The molecule has 0 fully saturated rings. The molecule has 0 aliphatic carbocycles. The van der Waals surface area contributed by atoms with Crippen LogP contribution < -0.4 is 15.0 Å². The Hall–Kier alpha value is -2.68. The van der Waals surface area contributed by atoms with Gasteiger partial charge in [0.15, 0.2) is 11.5 Å². The van der Waals surface area contributed by atoms with Crippen LogP contribution in [0.25, 0.3) is 10.9 Å². The van der Waals surface area contributed by atoms with Crippen LogP contribution in [0.3, 0.4) is 0 Å². The fraction of sp³-hybridized carbons (Fsp3) is 0.192. The van der Waals surface area contributed by atoms with Crippen LogP contribution in [0.1, 0.15) is 30.3 Å². The highest BCUT2D eigenvalue weighted by Gasteiger charge is 2.13. The highest BCUT2D eigenvalue weighted by Crippen LogP contribution is 2.33. The number of halogens is 3. The fourth-order valence-corrected chi connectivity index (χ4v) is 4.39. The minimum absolute atomic E-state index is 0.220. The molecule has 1 heterocycles. The van der Waals surface area contributed by atoms with Crippen molar-refractivity contribution in [2.24, 2.45) is 5.10 Å². The lowest BCUT2D eigenvalue weighted by molar-refractivity contribution is 0.284. The second-order valence-corrected chi connectivity index (χ2v) is 9.95. The van der Waals surface area contributed by atoms with Gasteiger partial charge in [-0.3, -0.25) is 4.79 Å². The van der Waals surface area contributed by atoms with Crippen molar-refractivity contribution < 1.29 is 9.47 Å². The van der Waals surface area contributed by atoms with Crippen LogP contribution >= 0.6 is 43.5 Å². The summed E-state index contributed by atoms with van der Waals surface area (Å²) in [5, 5.41) is 5.68. The molecule has 0 saturated carbocycles. The van der Waals surface area contributed by atoms with E-state index in [0.29, 0.717) is 46.3 Å². The monoisotopic (exact) mass is 617 g/mol. The molecule has 6 nitrogen and oxygen atoms in total. The van der Waals surface area contributed by atoms with Gasteiger partial charge in [0.25, 0.3) is 5.56 Å². The van der Waals surface area contributed by atoms with E-state index in [0.717, 1.165) is 26.5 Å². The molecular formula is C26H22Br2ClN3O3. The molecule has 0 radical (unpaired) electrons. The minimum Gasteiger partial charge on any atom is -0.493 e. The molecule has 35 heavy (non-hydrogen) atoms. The lowest BCUT2D eigenvalue weighted by atomic mass is 10.2. The Bertz CT molecular complexity index is 1450. The van der Waals surface area contributed by atoms with Crippen molar-refractivity contribution >= 4 is 60.6 Å². The number of fused-ring (bicyclic) bond motifs is 1. The maximum atomic E-state index is 13.2. The van der Waals surface area contributed by atoms with Gasteiger partial charge in [-0.2, -0.15) is 9.78 Å². The number of aromatic nitrogens is 2. The van der Waals surface area contributed by atoms with Gasteiger partial charge >= 0.3 is 0 Å². The van der Waals surface area contributed by atoms with E-state index in [-0.39, 0.29) is 5.56 Å². The summed E-state index contributed by atoms with van der Waals surface area (Å²) < 4.78 is 14.4. The molecule has 9 heteroatoms. The summed E-state index contributed by atoms with van der Waals surface area (Å²) in [5.41, 5.74) is 2.14. The lowest BCUT2D eigenvalue weighted by Gasteiger charge is -2.13. The molecule has 0 N–H and O–H groups in total. The van der Waals surface area contributed by atoms with E-state index in [1.54, 1.807) is 25.5 Å². The van der Waals surface area contributed by atoms with Gasteiger partial charge in [0, 0.05) is 26.0 Å². The topological polar surface area (TPSA) is 65.7 Å². The fourth-order valence-electron chi connectivity index (χ4n) is 3.48. The maximum Gasteiger partial charge on any atom is 0.282 e. The van der Waals surface area contributed by atoms with Gasteiger partial charge in [0.05, 0.1) is 24.2 Å². The van der Waals surface area contributed by atoms with Gasteiger partial charge in [-0.25, -0.2) is 4.98 Å². The normalized spacial score (nSPS) is 11.3. The van der Waals surface area contributed by atoms with Crippen LogP contribution in [0, 0.1) is 0 Å². The Morgan fingerprint density at radius 1 is 1.09 bits per heavy atom. The van der Waals surface area contributed by atoms with Gasteiger partial charge in [-0.05, 0) is 70.4 Å². The Morgan fingerprint density at radius 2 is 1.86 bits per heavy atom. The number of rotatable bonds is 8. The van der Waals surface area contributed by atoms with E-state index in [1.165, 1.54) is 4.68 Å². The zero-order chi connectivity index (χ0) is 24.9. The molecule has 0 bridgehead atoms. The van der Waals surface area contributed by atoms with Crippen molar-refractivity contribution in [2.45, 2.75) is 26.4 Å². The summed E-state index contributed by atoms with van der Waals surface area (Å²) in [6.07, 6.45) is 3.07. The molecule has 0 atom stereocenters. The minimum atomic E-state index is -0.220. The van der Waals surface area contributed by atoms with Crippen LogP contribution in [0.5, 0.6) is 11.5 Å². The van der Waals surface area contributed by atoms with Crippen molar-refractivity contribution in [2.75, 3.05) is 7.11 Å². The SMILES string of the molecule is CCCc1nc2ccc(Br)cc2c(=O)n1N=Cc1cc(OC)c(OCc2ccc(Cl)cc2)cc1Br. The van der Waals surface area contributed by atoms with Gasteiger partial charge in [-0.1, -0.05) is 46.6 Å². The smallest absolute Gasteiger partial charge is 0.282 e. The maximum absolute atomic E-state index is 13.2. The molecule has 0 saturated heterocycles. The summed E-state index contributed by atoms with van der Waals surface area (Å²) >= 11 is 13.0. The van der Waals surface area contributed by atoms with E-state index < -0.39 is 0 Å². The molecule has 0 aliphatic heterocycles. The molecule has 1 aromatic heterocycles. The predicted octanol–water partition coefficient (Wildman–Crippen LogP) is 7.00. The number of hydrogen-bond donors (Lipinski definition) is 0. The van der Waals surface area contributed by atoms with E-state index in [4.69, 9.17) is 21.1 Å². The largest absolute Gasteiger partial charge is 0.493 e. The van der Waals surface area contributed by atoms with Gasteiger partial charge < -0.3 is 9.47 Å². The molecule has 0 amide bonds. The standard InChI is InChI=1S/C26H22Br2ClN3O3/c1-3-4-25-31-22-10-7-18(27)12-20(22)26(33)32(25)30-14-17-11-23(34-2)24(13-21(17)28)35-15-16-5-8-19(29)9-6-16/h5-14H,3-4,15H2,1-2H3. The second-order valence-electron chi connectivity index (χ2n) is 7.74. The van der Waals surface area contributed by atoms with E-state index in [9.17, 15) is 4.79 Å². The van der Waals surface area contributed by atoms with Crippen molar-refractivity contribution in [3.05, 3.63) is 95.9 Å². The third-order valence-corrected chi connectivity index (χ3v) is 6.68. The van der Waals surface area contributed by atoms with Gasteiger partial charge in [0.1, 0.15) is 12.4 Å². The quantitative estimate of drug-likeness (QED) is 0.199. The first-order chi connectivity index (χ1) is 16.9. The summed E-state index contributed by atoms with van der Waals surface area (Å²) in [6.45, 7) is 2.40.